The first-order chi connectivity index (χ1) is 9.38. The van der Waals surface area contributed by atoms with E-state index in [0.29, 0.717) is 4.67 Å². The molecule has 5 nitrogen and oxygen atoms in total. The number of nitrogens with one attached hydrogen (secondary N) is 1. The number of carbonyl (C=O) groups is 1. The van der Waals surface area contributed by atoms with E-state index in [4.69, 9.17) is 9.15 Å². The van der Waals surface area contributed by atoms with Crippen LogP contribution in [0.15, 0.2) is 27.6 Å². The number of H-pyrrole nitrogens is 1. The summed E-state index contributed by atoms with van der Waals surface area (Å²) in [6, 6.07) is 1.40. The highest BCUT2D eigenvalue weighted by Gasteiger charge is 2.35. The van der Waals surface area contributed by atoms with Gasteiger partial charge in [0.25, 0.3) is 0 Å². The summed E-state index contributed by atoms with van der Waals surface area (Å²) in [6.45, 7) is -0.190. The Morgan fingerprint density at radius 1 is 1.50 bits per heavy atom. The van der Waals surface area contributed by atoms with Crippen molar-refractivity contribution in [1.29, 1.82) is 0 Å². The maximum absolute atomic E-state index is 12.5. The minimum absolute atomic E-state index is 0.0568. The fourth-order valence-electron chi connectivity index (χ4n) is 1.50. The van der Waals surface area contributed by atoms with Crippen molar-refractivity contribution in [1.82, 2.24) is 10.2 Å². The Labute approximate surface area is 119 Å². The molecule has 0 aromatic carbocycles. The van der Waals surface area contributed by atoms with Crippen LogP contribution in [-0.4, -0.2) is 22.8 Å². The van der Waals surface area contributed by atoms with Gasteiger partial charge >= 0.3 is 12.1 Å². The van der Waals surface area contributed by atoms with Crippen molar-refractivity contribution in [2.24, 2.45) is 0 Å². The average Bonchev–Trinajstić information content (AvgIpc) is 2.96. The fraction of sp³-hybridized carbons (Fsp3) is 0.273. The van der Waals surface area contributed by atoms with E-state index in [2.05, 4.69) is 21.0 Å². The van der Waals surface area contributed by atoms with Crippen LogP contribution in [0, 0.1) is 0 Å². The van der Waals surface area contributed by atoms with Gasteiger partial charge in [-0.2, -0.15) is 18.3 Å². The van der Waals surface area contributed by atoms with Gasteiger partial charge in [0, 0.05) is 18.1 Å². The van der Waals surface area contributed by atoms with Gasteiger partial charge in [0.1, 0.15) is 12.0 Å². The molecule has 0 spiro atoms. The number of aromatic nitrogens is 2. The molecule has 2 aromatic rings. The van der Waals surface area contributed by atoms with E-state index >= 15 is 0 Å². The van der Waals surface area contributed by atoms with E-state index in [9.17, 15) is 18.0 Å². The first-order valence-corrected chi connectivity index (χ1v) is 6.18. The predicted molar refractivity (Wildman–Crippen MR) is 64.0 cm³/mol. The second-order valence-corrected chi connectivity index (χ2v) is 4.57. The molecule has 0 unspecified atom stereocenters. The summed E-state index contributed by atoms with van der Waals surface area (Å²) >= 11 is 3.02. The van der Waals surface area contributed by atoms with Crippen molar-refractivity contribution in [3.63, 3.8) is 0 Å². The number of alkyl halides is 3. The van der Waals surface area contributed by atoms with Crippen molar-refractivity contribution in [3.05, 3.63) is 40.0 Å². The van der Waals surface area contributed by atoms with Crippen LogP contribution >= 0.6 is 15.9 Å². The van der Waals surface area contributed by atoms with Crippen molar-refractivity contribution in [3.8, 4) is 0 Å². The van der Waals surface area contributed by atoms with E-state index in [1.54, 1.807) is 0 Å². The number of nitrogens with zero attached hydrogens (tertiary/aromatic N) is 1. The van der Waals surface area contributed by atoms with Gasteiger partial charge in [-0.25, -0.2) is 4.79 Å². The Kier molecular flexibility index (Phi) is 4.17. The molecule has 2 aromatic heterocycles. The molecule has 0 amide bonds. The molecule has 2 heterocycles. The van der Waals surface area contributed by atoms with Crippen molar-refractivity contribution >= 4 is 21.9 Å². The summed E-state index contributed by atoms with van der Waals surface area (Å²) in [5.74, 6) is -0.670. The molecule has 0 aliphatic rings. The number of esters is 1. The Morgan fingerprint density at radius 3 is 2.85 bits per heavy atom. The van der Waals surface area contributed by atoms with Crippen LogP contribution in [0.2, 0.25) is 0 Å². The smallest absolute Gasteiger partial charge is 0.433 e. The van der Waals surface area contributed by atoms with Crippen molar-refractivity contribution in [2.75, 3.05) is 6.61 Å². The summed E-state index contributed by atoms with van der Waals surface area (Å²) < 4.78 is 47.7. The zero-order chi connectivity index (χ0) is 14.8. The Morgan fingerprint density at radius 2 is 2.25 bits per heavy atom. The summed E-state index contributed by atoms with van der Waals surface area (Å²) in [7, 11) is 0. The maximum atomic E-state index is 12.5. The first kappa shape index (κ1) is 14.6. The molecule has 1 N–H and O–H groups in total. The van der Waals surface area contributed by atoms with Crippen LogP contribution in [0.25, 0.3) is 0 Å². The highest BCUT2D eigenvalue weighted by atomic mass is 79.9. The van der Waals surface area contributed by atoms with E-state index in [1.165, 1.54) is 12.3 Å². The monoisotopic (exact) mass is 352 g/mol. The first-order valence-electron chi connectivity index (χ1n) is 5.38. The molecule has 2 rings (SSSR count). The normalized spacial score (nSPS) is 11.6. The van der Waals surface area contributed by atoms with Crippen LogP contribution in [0.3, 0.4) is 0 Å². The van der Waals surface area contributed by atoms with Gasteiger partial charge in [-0.05, 0) is 15.9 Å². The lowest BCUT2D eigenvalue weighted by Crippen LogP contribution is -2.12. The van der Waals surface area contributed by atoms with Gasteiger partial charge in [-0.15, -0.1) is 0 Å². The van der Waals surface area contributed by atoms with Gasteiger partial charge in [-0.1, -0.05) is 0 Å². The molecule has 0 saturated heterocycles. The van der Waals surface area contributed by atoms with Crippen LogP contribution in [0.4, 0.5) is 13.2 Å². The lowest BCUT2D eigenvalue weighted by atomic mass is 10.2. The van der Waals surface area contributed by atoms with E-state index in [-0.39, 0.29) is 24.2 Å². The highest BCUT2D eigenvalue weighted by molar-refractivity contribution is 9.10. The number of hydrogen-bond acceptors (Lipinski definition) is 4. The molecule has 0 saturated carbocycles. The summed E-state index contributed by atoms with van der Waals surface area (Å²) in [5.41, 5.74) is -0.807. The van der Waals surface area contributed by atoms with E-state index in [1.807, 2.05) is 5.10 Å². The molecule has 0 atom stereocenters. The molecular weight excluding hydrogens is 345 g/mol. The molecule has 0 bridgehead atoms. The minimum atomic E-state index is -4.51. The maximum Gasteiger partial charge on any atom is 0.433 e. The summed E-state index contributed by atoms with van der Waals surface area (Å²) in [4.78, 5) is 11.5. The van der Waals surface area contributed by atoms with Gasteiger partial charge in [0.15, 0.2) is 4.67 Å². The Hall–Kier alpha value is -1.77. The van der Waals surface area contributed by atoms with Gasteiger partial charge in [0.2, 0.25) is 0 Å². The van der Waals surface area contributed by atoms with Crippen LogP contribution < -0.4 is 0 Å². The van der Waals surface area contributed by atoms with Crippen LogP contribution in [0.1, 0.15) is 21.6 Å². The lowest BCUT2D eigenvalue weighted by molar-refractivity contribution is -0.141. The Balaban J connectivity index is 1.91. The third kappa shape index (κ3) is 3.41. The third-order valence-electron chi connectivity index (χ3n) is 2.41. The van der Waals surface area contributed by atoms with Gasteiger partial charge in [0.05, 0.1) is 18.4 Å². The minimum Gasteiger partial charge on any atom is -0.462 e. The average molecular weight is 353 g/mol. The van der Waals surface area contributed by atoms with Crippen molar-refractivity contribution in [2.45, 2.75) is 12.6 Å². The molecular formula is C11H8BrF3N2O3. The molecule has 0 radical (unpaired) electrons. The quantitative estimate of drug-likeness (QED) is 0.858. The second-order valence-electron chi connectivity index (χ2n) is 3.79. The molecule has 0 aliphatic heterocycles. The number of ether oxygens (including phenoxy) is 1. The summed E-state index contributed by atoms with van der Waals surface area (Å²) in [5, 5.41) is 5.22. The number of aromatic amines is 1. The number of halogens is 4. The van der Waals surface area contributed by atoms with Crippen molar-refractivity contribution < 1.29 is 27.1 Å². The highest BCUT2D eigenvalue weighted by Crippen LogP contribution is 2.30. The number of furan rings is 1. The molecule has 0 aliphatic carbocycles. The Bertz CT molecular complexity index is 606. The zero-order valence-corrected chi connectivity index (χ0v) is 11.4. The number of carbonyl (C=O) groups excluding carboxylic acids is 1. The predicted octanol–water partition coefficient (Wildman–Crippen LogP) is 3.18. The standard InChI is InChI=1S/C11H8BrF3N2O3/c12-8-3-7(5-20-8)10(18)19-2-1-6-4-16-17-9(6)11(13,14)15/h3-5H,1-2H2,(H,16,17). The fourth-order valence-corrected chi connectivity index (χ4v) is 1.84. The molecule has 0 fully saturated rings. The second kappa shape index (κ2) is 5.70. The van der Waals surface area contributed by atoms with Gasteiger partial charge < -0.3 is 9.15 Å². The number of hydrogen-bond donors (Lipinski definition) is 1. The largest absolute Gasteiger partial charge is 0.462 e. The molecule has 9 heteroatoms. The topological polar surface area (TPSA) is 68.1 Å². The van der Waals surface area contributed by atoms with Gasteiger partial charge in [-0.3, -0.25) is 5.10 Å². The lowest BCUT2D eigenvalue weighted by Gasteiger charge is -2.07. The zero-order valence-electron chi connectivity index (χ0n) is 9.83. The third-order valence-corrected chi connectivity index (χ3v) is 2.82. The van der Waals surface area contributed by atoms with Crippen LogP contribution in [0.5, 0.6) is 0 Å². The van der Waals surface area contributed by atoms with E-state index < -0.39 is 17.8 Å². The number of rotatable bonds is 4. The van der Waals surface area contributed by atoms with E-state index in [0.717, 1.165) is 6.20 Å². The SMILES string of the molecule is O=C(OCCc1cn[nH]c1C(F)(F)F)c1coc(Br)c1. The molecule has 20 heavy (non-hydrogen) atoms. The molecule has 108 valence electrons. The summed E-state index contributed by atoms with van der Waals surface area (Å²) in [6.07, 6.45) is -2.35. The van der Waals surface area contributed by atoms with Crippen LogP contribution in [-0.2, 0) is 17.3 Å².